The van der Waals surface area contributed by atoms with Crippen LogP contribution in [0.1, 0.15) is 26.2 Å². The summed E-state index contributed by atoms with van der Waals surface area (Å²) in [4.78, 5) is 4.46. The Hall–Kier alpha value is -0.860. The van der Waals surface area contributed by atoms with Crippen LogP contribution in [0.3, 0.4) is 0 Å². The number of rotatable bonds is 9. The van der Waals surface area contributed by atoms with Crippen LogP contribution in [0.15, 0.2) is 4.99 Å². The normalized spacial score (nSPS) is 18.9. The van der Waals surface area contributed by atoms with Crippen molar-refractivity contribution in [3.05, 3.63) is 0 Å². The van der Waals surface area contributed by atoms with Crippen molar-refractivity contribution in [3.63, 3.8) is 0 Å². The number of hydrogen-bond donors (Lipinski definition) is 2. The molecule has 0 aliphatic carbocycles. The van der Waals surface area contributed by atoms with Crippen molar-refractivity contribution in [3.8, 4) is 0 Å². The highest BCUT2D eigenvalue weighted by Gasteiger charge is 2.27. The van der Waals surface area contributed by atoms with Crippen molar-refractivity contribution in [2.24, 2.45) is 4.99 Å². The molecule has 0 unspecified atom stereocenters. The number of hydrogen-bond acceptors (Lipinski definition) is 4. The molecule has 0 spiro atoms. The highest BCUT2D eigenvalue weighted by atomic mass is 32.2. The van der Waals surface area contributed by atoms with E-state index in [2.05, 4.69) is 22.5 Å². The molecule has 8 heteroatoms. The third-order valence-corrected chi connectivity index (χ3v) is 5.19. The molecule has 124 valence electrons. The average molecular weight is 320 g/mol. The number of methoxy groups -OCH3 is 1. The molecule has 1 aliphatic heterocycles. The second-order valence-corrected chi connectivity index (χ2v) is 7.09. The van der Waals surface area contributed by atoms with E-state index >= 15 is 0 Å². The lowest BCUT2D eigenvalue weighted by molar-refractivity contribution is 0.203. The molecule has 0 amide bonds. The highest BCUT2D eigenvalue weighted by Crippen LogP contribution is 2.11. The average Bonchev–Trinajstić information content (AvgIpc) is 2.78. The van der Waals surface area contributed by atoms with Gasteiger partial charge in [-0.15, -0.1) is 0 Å². The van der Waals surface area contributed by atoms with Crippen LogP contribution in [0.5, 0.6) is 0 Å². The number of unbranched alkanes of at least 4 members (excludes halogenated alkanes) is 1. The minimum atomic E-state index is -3.01. The molecule has 0 atom stereocenters. The fraction of sp³-hybridized carbons (Fsp3) is 0.923. The van der Waals surface area contributed by atoms with Gasteiger partial charge in [0.2, 0.25) is 10.0 Å². The molecule has 0 aromatic carbocycles. The van der Waals surface area contributed by atoms with Gasteiger partial charge in [-0.05, 0) is 12.8 Å². The molecule has 0 bridgehead atoms. The van der Waals surface area contributed by atoms with E-state index in [0.717, 1.165) is 31.8 Å². The fourth-order valence-corrected chi connectivity index (χ4v) is 3.56. The molecular formula is C13H28N4O3S. The van der Waals surface area contributed by atoms with Crippen molar-refractivity contribution in [2.75, 3.05) is 52.2 Å². The van der Waals surface area contributed by atoms with Crippen molar-refractivity contribution in [2.45, 2.75) is 26.2 Å². The van der Waals surface area contributed by atoms with Gasteiger partial charge in [-0.25, -0.2) is 12.7 Å². The van der Waals surface area contributed by atoms with E-state index in [9.17, 15) is 8.42 Å². The summed E-state index contributed by atoms with van der Waals surface area (Å²) in [6.45, 7) is 5.85. The molecular weight excluding hydrogens is 292 g/mol. The number of aliphatic imine (C=N–C) groups is 1. The maximum absolute atomic E-state index is 11.7. The summed E-state index contributed by atoms with van der Waals surface area (Å²) in [6.07, 6.45) is 2.87. The number of nitrogens with zero attached hydrogens (tertiary/aromatic N) is 2. The molecule has 0 saturated carbocycles. The number of nitrogens with one attached hydrogen (secondary N) is 2. The second kappa shape index (κ2) is 9.97. The Morgan fingerprint density at radius 3 is 2.71 bits per heavy atom. The van der Waals surface area contributed by atoms with Crippen LogP contribution in [-0.4, -0.2) is 70.9 Å². The Balaban J connectivity index is 2.35. The maximum Gasteiger partial charge on any atom is 0.214 e. The lowest BCUT2D eigenvalue weighted by Crippen LogP contribution is -2.43. The topological polar surface area (TPSA) is 83.0 Å². The van der Waals surface area contributed by atoms with E-state index in [4.69, 9.17) is 4.74 Å². The summed E-state index contributed by atoms with van der Waals surface area (Å²) in [7, 11) is -1.36. The molecule has 7 nitrogen and oxygen atoms in total. The smallest absolute Gasteiger partial charge is 0.214 e. The zero-order chi connectivity index (χ0) is 15.6. The van der Waals surface area contributed by atoms with Crippen molar-refractivity contribution < 1.29 is 13.2 Å². The molecule has 0 aromatic rings. The van der Waals surface area contributed by atoms with Gasteiger partial charge in [-0.2, -0.15) is 0 Å². The summed E-state index contributed by atoms with van der Waals surface area (Å²) in [6, 6.07) is 0. The summed E-state index contributed by atoms with van der Waals surface area (Å²) in [5.74, 6) is 0.994. The Bertz CT molecular complexity index is 412. The summed E-state index contributed by atoms with van der Waals surface area (Å²) >= 11 is 0. The van der Waals surface area contributed by atoms with Gasteiger partial charge in [0.25, 0.3) is 0 Å². The summed E-state index contributed by atoms with van der Waals surface area (Å²) < 4.78 is 29.9. The third-order valence-electron chi connectivity index (χ3n) is 3.24. The van der Waals surface area contributed by atoms with Crippen LogP contribution in [0.2, 0.25) is 0 Å². The molecule has 1 heterocycles. The Morgan fingerprint density at radius 2 is 2.10 bits per heavy atom. The first-order chi connectivity index (χ1) is 10.1. The van der Waals surface area contributed by atoms with Crippen molar-refractivity contribution in [1.29, 1.82) is 0 Å². The molecule has 0 radical (unpaired) electrons. The van der Waals surface area contributed by atoms with Crippen LogP contribution >= 0.6 is 0 Å². The van der Waals surface area contributed by atoms with E-state index < -0.39 is 10.0 Å². The molecule has 1 aliphatic rings. The summed E-state index contributed by atoms with van der Waals surface area (Å²) in [5, 5.41) is 6.35. The molecule has 1 rings (SSSR count). The zero-order valence-electron chi connectivity index (χ0n) is 13.1. The fourth-order valence-electron chi connectivity index (χ4n) is 2.04. The van der Waals surface area contributed by atoms with Crippen LogP contribution in [0.4, 0.5) is 0 Å². The van der Waals surface area contributed by atoms with Gasteiger partial charge in [-0.3, -0.25) is 4.99 Å². The quantitative estimate of drug-likeness (QED) is 0.355. The van der Waals surface area contributed by atoms with Gasteiger partial charge < -0.3 is 15.4 Å². The minimum absolute atomic E-state index is 0.274. The minimum Gasteiger partial charge on any atom is -0.383 e. The van der Waals surface area contributed by atoms with Crippen molar-refractivity contribution >= 4 is 16.0 Å². The van der Waals surface area contributed by atoms with Gasteiger partial charge in [0.1, 0.15) is 0 Å². The largest absolute Gasteiger partial charge is 0.383 e. The number of guanidine groups is 1. The van der Waals surface area contributed by atoms with Crippen LogP contribution in [0.25, 0.3) is 0 Å². The number of sulfonamides is 1. The molecule has 0 aromatic heterocycles. The standard InChI is InChI=1S/C13H28N4O3S/c1-3-4-6-14-13(16-8-11-20-2)15-7-10-17-9-5-12-21(17,18)19/h3-12H2,1-2H3,(H2,14,15,16). The van der Waals surface area contributed by atoms with Crippen LogP contribution < -0.4 is 10.6 Å². The predicted molar refractivity (Wildman–Crippen MR) is 85.1 cm³/mol. The predicted octanol–water partition coefficient (Wildman–Crippen LogP) is 0.00360. The monoisotopic (exact) mass is 320 g/mol. The molecule has 21 heavy (non-hydrogen) atoms. The Morgan fingerprint density at radius 1 is 1.33 bits per heavy atom. The lowest BCUT2D eigenvalue weighted by atomic mass is 10.3. The SMILES string of the molecule is CCCCN=C(NCCOC)NCCN1CCCS1(=O)=O. The van der Waals surface area contributed by atoms with E-state index in [1.807, 2.05) is 0 Å². The van der Waals surface area contributed by atoms with Crippen LogP contribution in [0, 0.1) is 0 Å². The van der Waals surface area contributed by atoms with E-state index in [-0.39, 0.29) is 5.75 Å². The molecule has 2 N–H and O–H groups in total. The van der Waals surface area contributed by atoms with Gasteiger partial charge in [0, 0.05) is 39.8 Å². The molecule has 1 saturated heterocycles. The first kappa shape index (κ1) is 18.2. The second-order valence-electron chi connectivity index (χ2n) is 5.00. The maximum atomic E-state index is 11.7. The van der Waals surface area contributed by atoms with Gasteiger partial charge >= 0.3 is 0 Å². The first-order valence-electron chi connectivity index (χ1n) is 7.59. The Kier molecular flexibility index (Phi) is 8.63. The number of ether oxygens (including phenoxy) is 1. The molecule has 1 fully saturated rings. The van der Waals surface area contributed by atoms with Gasteiger partial charge in [0.15, 0.2) is 5.96 Å². The van der Waals surface area contributed by atoms with E-state index in [1.54, 1.807) is 11.4 Å². The zero-order valence-corrected chi connectivity index (χ0v) is 13.9. The van der Waals surface area contributed by atoms with Gasteiger partial charge in [-0.1, -0.05) is 13.3 Å². The third kappa shape index (κ3) is 7.10. The Labute approximate surface area is 128 Å². The van der Waals surface area contributed by atoms with E-state index in [0.29, 0.717) is 32.8 Å². The lowest BCUT2D eigenvalue weighted by Gasteiger charge is -2.16. The highest BCUT2D eigenvalue weighted by molar-refractivity contribution is 7.89. The first-order valence-corrected chi connectivity index (χ1v) is 9.20. The van der Waals surface area contributed by atoms with Crippen LogP contribution in [-0.2, 0) is 14.8 Å². The van der Waals surface area contributed by atoms with Gasteiger partial charge in [0.05, 0.1) is 12.4 Å². The van der Waals surface area contributed by atoms with E-state index in [1.165, 1.54) is 0 Å². The summed E-state index contributed by atoms with van der Waals surface area (Å²) in [5.41, 5.74) is 0. The van der Waals surface area contributed by atoms with Crippen molar-refractivity contribution in [1.82, 2.24) is 14.9 Å².